The van der Waals surface area contributed by atoms with Crippen LogP contribution in [-0.4, -0.2) is 102 Å². The molecule has 0 radical (unpaired) electrons. The summed E-state index contributed by atoms with van der Waals surface area (Å²) in [7, 11) is 0. The van der Waals surface area contributed by atoms with Crippen LogP contribution in [0.5, 0.6) is 0 Å². The zero-order valence-electron chi connectivity index (χ0n) is 20.3. The van der Waals surface area contributed by atoms with Gasteiger partial charge in [-0.25, -0.2) is 15.0 Å². The largest absolute Gasteiger partial charge is 0.379 e. The summed E-state index contributed by atoms with van der Waals surface area (Å²) in [5.74, 6) is 0.813. The summed E-state index contributed by atoms with van der Waals surface area (Å²) in [6.07, 6.45) is 8.48. The van der Waals surface area contributed by atoms with Gasteiger partial charge in [-0.05, 0) is 24.5 Å². The van der Waals surface area contributed by atoms with Gasteiger partial charge < -0.3 is 15.0 Å². The monoisotopic (exact) mass is 489 g/mol. The maximum Gasteiger partial charge on any atom is 0.249 e. The fraction of sp³-hybridized carbons (Fsp3) is 0.560. The predicted octanol–water partition coefficient (Wildman–Crippen LogP) is 1.22. The third-order valence-electron chi connectivity index (χ3n) is 6.70. The number of likely N-dealkylation sites (tertiary alicyclic amines) is 1. The molecule has 2 atom stereocenters. The molecule has 2 unspecified atom stereocenters. The van der Waals surface area contributed by atoms with Crippen molar-refractivity contribution in [3.8, 4) is 6.07 Å². The molecule has 2 fully saturated rings. The van der Waals surface area contributed by atoms with Gasteiger partial charge in [0.1, 0.15) is 17.9 Å². The average molecular weight is 490 g/mol. The van der Waals surface area contributed by atoms with Crippen molar-refractivity contribution >= 4 is 35.2 Å². The quantitative estimate of drug-likeness (QED) is 0.658. The van der Waals surface area contributed by atoms with Crippen molar-refractivity contribution in [3.05, 3.63) is 24.0 Å². The second-order valence-corrected chi connectivity index (χ2v) is 9.30. The number of carbonyl (C=O) groups is 1. The number of rotatable bonds is 5. The molecule has 0 aliphatic carbocycles. The number of nitriles is 1. The van der Waals surface area contributed by atoms with Gasteiger partial charge in [0.25, 0.3) is 0 Å². The lowest BCUT2D eigenvalue weighted by molar-refractivity contribution is -0.123. The minimum atomic E-state index is -0.368. The maximum absolute atomic E-state index is 12.4. The first-order chi connectivity index (χ1) is 17.7. The number of morpholine rings is 1. The first-order valence-corrected chi connectivity index (χ1v) is 12.6. The zero-order chi connectivity index (χ0) is 24.7. The van der Waals surface area contributed by atoms with Crippen molar-refractivity contribution in [1.29, 1.82) is 5.26 Å². The Morgan fingerprint density at radius 1 is 1.25 bits per heavy atom. The van der Waals surface area contributed by atoms with Gasteiger partial charge in [0, 0.05) is 57.1 Å². The summed E-state index contributed by atoms with van der Waals surface area (Å²) < 4.78 is 5.34. The summed E-state index contributed by atoms with van der Waals surface area (Å²) in [6.45, 7) is 5.60. The van der Waals surface area contributed by atoms with E-state index in [9.17, 15) is 10.1 Å². The second-order valence-electron chi connectivity index (χ2n) is 9.30. The Labute approximate surface area is 210 Å². The van der Waals surface area contributed by atoms with Crippen molar-refractivity contribution in [2.75, 3.05) is 52.5 Å². The molecular formula is C25H31N9O2. The van der Waals surface area contributed by atoms with E-state index >= 15 is 0 Å². The van der Waals surface area contributed by atoms with Crippen molar-refractivity contribution in [2.24, 2.45) is 20.9 Å². The van der Waals surface area contributed by atoms with E-state index in [0.29, 0.717) is 45.1 Å². The lowest BCUT2D eigenvalue weighted by atomic mass is 9.99. The molecule has 1 aromatic rings. The summed E-state index contributed by atoms with van der Waals surface area (Å²) >= 11 is 0. The molecule has 11 heteroatoms. The average Bonchev–Trinajstić information content (AvgIpc) is 3.44. The van der Waals surface area contributed by atoms with Crippen LogP contribution in [0.25, 0.3) is 5.57 Å². The van der Waals surface area contributed by atoms with E-state index in [0.717, 1.165) is 61.8 Å². The molecule has 0 bridgehead atoms. The molecule has 4 aliphatic heterocycles. The van der Waals surface area contributed by atoms with Gasteiger partial charge in [-0.2, -0.15) is 5.26 Å². The smallest absolute Gasteiger partial charge is 0.249 e. The number of aliphatic imine (C=N–C) groups is 3. The molecule has 4 aliphatic rings. The highest BCUT2D eigenvalue weighted by atomic mass is 16.5. The second kappa shape index (κ2) is 11.5. The fourth-order valence-electron chi connectivity index (χ4n) is 4.84. The van der Waals surface area contributed by atoms with E-state index in [1.165, 1.54) is 0 Å². The molecule has 0 aromatic carbocycles. The summed E-state index contributed by atoms with van der Waals surface area (Å²) in [6, 6.07) is 4.21. The van der Waals surface area contributed by atoms with Crippen LogP contribution in [-0.2, 0) is 9.53 Å². The molecule has 1 amide bonds. The first kappa shape index (κ1) is 24.2. The molecule has 5 rings (SSSR count). The standard InChI is InChI=1S/C25H31N9O2/c26-15-18-13-19(16-29-24(18)34-7-1-2-8-34)21-4-6-28-25(31-21)30-20-3-5-27-22(14-20)32-23(35)17-33-9-11-36-12-10-33/h4-6,13,18,22H,1-3,7-12,14,16-17H2,(H,32,35). The Morgan fingerprint density at radius 2 is 2.08 bits per heavy atom. The number of nitrogens with zero attached hydrogens (tertiary/aromatic N) is 8. The molecule has 5 heterocycles. The van der Waals surface area contributed by atoms with Crippen molar-refractivity contribution in [2.45, 2.75) is 31.8 Å². The fourth-order valence-corrected chi connectivity index (χ4v) is 4.84. The van der Waals surface area contributed by atoms with Gasteiger partial charge >= 0.3 is 0 Å². The Bertz CT molecular complexity index is 1120. The van der Waals surface area contributed by atoms with Crippen molar-refractivity contribution in [3.63, 3.8) is 0 Å². The van der Waals surface area contributed by atoms with Crippen LogP contribution >= 0.6 is 0 Å². The van der Waals surface area contributed by atoms with Crippen LogP contribution in [0.15, 0.2) is 33.3 Å². The molecule has 11 nitrogen and oxygen atoms in total. The van der Waals surface area contributed by atoms with E-state index in [4.69, 9.17) is 9.73 Å². The van der Waals surface area contributed by atoms with Gasteiger partial charge in [-0.15, -0.1) is 0 Å². The number of carbonyl (C=O) groups excluding carboxylic acids is 1. The molecule has 0 spiro atoms. The number of hydrogen-bond donors (Lipinski definition) is 1. The van der Waals surface area contributed by atoms with Crippen LogP contribution in [0.4, 0.5) is 5.95 Å². The van der Waals surface area contributed by atoms with Crippen LogP contribution in [0, 0.1) is 17.2 Å². The number of ether oxygens (including phenoxy) is 1. The maximum atomic E-state index is 12.4. The first-order valence-electron chi connectivity index (χ1n) is 12.6. The Kier molecular flexibility index (Phi) is 7.73. The van der Waals surface area contributed by atoms with E-state index in [2.05, 4.69) is 41.1 Å². The van der Waals surface area contributed by atoms with Gasteiger partial charge in [-0.3, -0.25) is 19.7 Å². The number of amidine groups is 1. The van der Waals surface area contributed by atoms with E-state index < -0.39 is 0 Å². The number of dihydropyridines is 1. The minimum Gasteiger partial charge on any atom is -0.379 e. The van der Waals surface area contributed by atoms with Crippen molar-refractivity contribution in [1.82, 2.24) is 25.1 Å². The molecule has 188 valence electrons. The highest BCUT2D eigenvalue weighted by molar-refractivity contribution is 5.99. The zero-order valence-corrected chi connectivity index (χ0v) is 20.3. The number of aromatic nitrogens is 2. The Balaban J connectivity index is 1.22. The Morgan fingerprint density at radius 3 is 2.89 bits per heavy atom. The lowest BCUT2D eigenvalue weighted by Gasteiger charge is -2.27. The molecule has 36 heavy (non-hydrogen) atoms. The number of amides is 1. The van der Waals surface area contributed by atoms with Crippen LogP contribution in [0.3, 0.4) is 0 Å². The highest BCUT2D eigenvalue weighted by Crippen LogP contribution is 2.25. The topological polar surface area (TPSA) is 131 Å². The van der Waals surface area contributed by atoms with Gasteiger partial charge in [-0.1, -0.05) is 6.08 Å². The predicted molar refractivity (Wildman–Crippen MR) is 136 cm³/mol. The lowest BCUT2D eigenvalue weighted by Crippen LogP contribution is -2.46. The summed E-state index contributed by atoms with van der Waals surface area (Å²) in [4.78, 5) is 39.5. The van der Waals surface area contributed by atoms with Crippen LogP contribution in [0.2, 0.25) is 0 Å². The van der Waals surface area contributed by atoms with E-state index in [1.54, 1.807) is 12.4 Å². The van der Waals surface area contributed by atoms with Crippen molar-refractivity contribution < 1.29 is 9.53 Å². The SMILES string of the molecule is N#CC1C=C(c2ccnc(N=C3CC=NC(NC(=O)CN4CCOCC4)C3)n2)CN=C1N1CCCC1. The number of hydrogen-bond acceptors (Lipinski definition) is 10. The molecule has 0 saturated carbocycles. The van der Waals surface area contributed by atoms with Crippen LogP contribution in [0.1, 0.15) is 31.4 Å². The van der Waals surface area contributed by atoms with Gasteiger partial charge in [0.15, 0.2) is 0 Å². The molecule has 1 aromatic heterocycles. The van der Waals surface area contributed by atoms with E-state index in [1.807, 2.05) is 12.1 Å². The minimum absolute atomic E-state index is 0.0521. The normalized spacial score (nSPS) is 25.9. The molecule has 2 saturated heterocycles. The Hall–Kier alpha value is -3.49. The third-order valence-corrected chi connectivity index (χ3v) is 6.70. The molecular weight excluding hydrogens is 458 g/mol. The van der Waals surface area contributed by atoms with Gasteiger partial charge in [0.05, 0.1) is 38.1 Å². The molecule has 1 N–H and O–H groups in total. The summed E-state index contributed by atoms with van der Waals surface area (Å²) in [5.41, 5.74) is 2.50. The van der Waals surface area contributed by atoms with E-state index in [-0.39, 0.29) is 18.0 Å². The third kappa shape index (κ3) is 6.01. The highest BCUT2D eigenvalue weighted by Gasteiger charge is 2.27. The summed E-state index contributed by atoms with van der Waals surface area (Å²) in [5, 5.41) is 12.7. The van der Waals surface area contributed by atoms with Crippen LogP contribution < -0.4 is 5.32 Å². The van der Waals surface area contributed by atoms with Gasteiger partial charge in [0.2, 0.25) is 11.9 Å². The number of nitrogens with one attached hydrogen (secondary N) is 1.